The third-order valence-corrected chi connectivity index (χ3v) is 4.08. The maximum absolute atomic E-state index is 11.7. The van der Waals surface area contributed by atoms with Crippen LogP contribution >= 0.6 is 35.0 Å². The summed E-state index contributed by atoms with van der Waals surface area (Å²) in [7, 11) is 3.68. The van der Waals surface area contributed by atoms with E-state index in [4.69, 9.17) is 23.2 Å². The molecule has 1 aliphatic heterocycles. The maximum Gasteiger partial charge on any atom is 0.277 e. The molecule has 1 aromatic carbocycles. The van der Waals surface area contributed by atoms with Crippen LogP contribution in [0.15, 0.2) is 35.1 Å². The van der Waals surface area contributed by atoms with Crippen LogP contribution in [0.4, 0.5) is 0 Å². The van der Waals surface area contributed by atoms with Crippen LogP contribution in [-0.2, 0) is 10.5 Å². The number of hydrogen-bond acceptors (Lipinski definition) is 4. The summed E-state index contributed by atoms with van der Waals surface area (Å²) in [6.45, 7) is 0. The summed E-state index contributed by atoms with van der Waals surface area (Å²) in [5.74, 6) is 0.346. The summed E-state index contributed by atoms with van der Waals surface area (Å²) in [5, 5.41) is 4.49. The molecule has 0 fully saturated rings. The predicted molar refractivity (Wildman–Crippen MR) is 85.1 cm³/mol. The van der Waals surface area contributed by atoms with Crippen molar-refractivity contribution in [2.24, 2.45) is 4.99 Å². The molecule has 0 aromatic heterocycles. The summed E-state index contributed by atoms with van der Waals surface area (Å²) in [5.41, 5.74) is 1.23. The van der Waals surface area contributed by atoms with Gasteiger partial charge in [0, 0.05) is 36.1 Å². The first-order chi connectivity index (χ1) is 9.47. The lowest BCUT2D eigenvalue weighted by Crippen LogP contribution is -2.22. The molecule has 0 atom stereocenters. The Labute approximate surface area is 131 Å². The minimum absolute atomic E-state index is 0.202. The van der Waals surface area contributed by atoms with Crippen molar-refractivity contribution in [2.75, 3.05) is 14.1 Å². The van der Waals surface area contributed by atoms with Gasteiger partial charge in [-0.15, -0.1) is 0 Å². The maximum atomic E-state index is 11.7. The Kier molecular flexibility index (Phi) is 4.96. The van der Waals surface area contributed by atoms with Crippen molar-refractivity contribution in [1.82, 2.24) is 10.2 Å². The van der Waals surface area contributed by atoms with Crippen molar-refractivity contribution in [3.63, 3.8) is 0 Å². The Morgan fingerprint density at radius 3 is 2.60 bits per heavy atom. The van der Waals surface area contributed by atoms with Crippen molar-refractivity contribution in [3.8, 4) is 0 Å². The lowest BCUT2D eigenvalue weighted by Gasteiger charge is -2.05. The molecule has 1 N–H and O–H groups in total. The fourth-order valence-electron chi connectivity index (χ4n) is 1.56. The van der Waals surface area contributed by atoms with Gasteiger partial charge in [0.05, 0.1) is 0 Å². The van der Waals surface area contributed by atoms with E-state index in [0.29, 0.717) is 26.7 Å². The van der Waals surface area contributed by atoms with Crippen LogP contribution in [0.3, 0.4) is 0 Å². The molecule has 0 saturated carbocycles. The summed E-state index contributed by atoms with van der Waals surface area (Å²) in [6.07, 6.45) is 1.67. The summed E-state index contributed by atoms with van der Waals surface area (Å²) >= 11 is 13.6. The molecule has 0 saturated heterocycles. The number of amides is 1. The molecule has 0 aliphatic carbocycles. The molecule has 0 bridgehead atoms. The van der Waals surface area contributed by atoms with Gasteiger partial charge in [0.25, 0.3) is 5.91 Å². The van der Waals surface area contributed by atoms with Crippen LogP contribution in [0.5, 0.6) is 0 Å². The number of thioether (sulfide) groups is 1. The second kappa shape index (κ2) is 6.52. The smallest absolute Gasteiger partial charge is 0.277 e. The Morgan fingerprint density at radius 2 is 2.00 bits per heavy atom. The predicted octanol–water partition coefficient (Wildman–Crippen LogP) is 3.12. The first kappa shape index (κ1) is 15.2. The van der Waals surface area contributed by atoms with Crippen LogP contribution in [-0.4, -0.2) is 30.1 Å². The molecule has 20 heavy (non-hydrogen) atoms. The SMILES string of the molecule is CN(C)/C=C1/N=C(SCc2c(Cl)cccc2Cl)NC1=O. The van der Waals surface area contributed by atoms with Crippen molar-refractivity contribution in [3.05, 3.63) is 45.7 Å². The van der Waals surface area contributed by atoms with Gasteiger partial charge in [-0.25, -0.2) is 4.99 Å². The fraction of sp³-hybridized carbons (Fsp3) is 0.231. The van der Waals surface area contributed by atoms with E-state index in [9.17, 15) is 4.79 Å². The van der Waals surface area contributed by atoms with E-state index in [-0.39, 0.29) is 5.91 Å². The van der Waals surface area contributed by atoms with Crippen LogP contribution in [0.1, 0.15) is 5.56 Å². The first-order valence-electron chi connectivity index (χ1n) is 5.81. The van der Waals surface area contributed by atoms with E-state index in [0.717, 1.165) is 5.56 Å². The summed E-state index contributed by atoms with van der Waals surface area (Å²) in [4.78, 5) is 17.7. The van der Waals surface area contributed by atoms with Crippen molar-refractivity contribution in [2.45, 2.75) is 5.75 Å². The molecule has 7 heteroatoms. The summed E-state index contributed by atoms with van der Waals surface area (Å²) in [6, 6.07) is 5.37. The van der Waals surface area contributed by atoms with Crippen molar-refractivity contribution >= 4 is 46.0 Å². The van der Waals surface area contributed by atoms with Gasteiger partial charge in [-0.05, 0) is 17.7 Å². The zero-order chi connectivity index (χ0) is 14.7. The zero-order valence-electron chi connectivity index (χ0n) is 11.0. The van der Waals surface area contributed by atoms with Crippen LogP contribution < -0.4 is 5.32 Å². The van der Waals surface area contributed by atoms with Gasteiger partial charge in [-0.3, -0.25) is 10.1 Å². The third kappa shape index (κ3) is 3.69. The molecular weight excluding hydrogens is 317 g/mol. The fourth-order valence-corrected chi connectivity index (χ4v) is 3.17. The second-order valence-electron chi connectivity index (χ2n) is 4.34. The second-order valence-corrected chi connectivity index (χ2v) is 6.12. The average Bonchev–Trinajstić information content (AvgIpc) is 2.68. The number of amidine groups is 1. The molecular formula is C13H13Cl2N3OS. The molecule has 1 aliphatic rings. The van der Waals surface area contributed by atoms with Crippen LogP contribution in [0, 0.1) is 0 Å². The molecule has 4 nitrogen and oxygen atoms in total. The molecule has 1 heterocycles. The minimum atomic E-state index is -0.202. The van der Waals surface area contributed by atoms with Gasteiger partial charge in [0.1, 0.15) is 5.70 Å². The highest BCUT2D eigenvalue weighted by Gasteiger charge is 2.21. The number of carbonyl (C=O) groups excluding carboxylic acids is 1. The Bertz CT molecular complexity index is 579. The van der Waals surface area contributed by atoms with Gasteiger partial charge in [0.15, 0.2) is 5.17 Å². The monoisotopic (exact) mass is 329 g/mol. The number of carbonyl (C=O) groups is 1. The molecule has 106 valence electrons. The lowest BCUT2D eigenvalue weighted by molar-refractivity contribution is -0.115. The summed E-state index contributed by atoms with van der Waals surface area (Å²) < 4.78 is 0. The number of hydrogen-bond donors (Lipinski definition) is 1. The molecule has 1 amide bonds. The van der Waals surface area contributed by atoms with Gasteiger partial charge < -0.3 is 4.90 Å². The van der Waals surface area contributed by atoms with Crippen LogP contribution in [0.25, 0.3) is 0 Å². The highest BCUT2D eigenvalue weighted by atomic mass is 35.5. The van der Waals surface area contributed by atoms with E-state index in [1.54, 1.807) is 29.3 Å². The van der Waals surface area contributed by atoms with E-state index < -0.39 is 0 Å². The third-order valence-electron chi connectivity index (χ3n) is 2.47. The number of benzene rings is 1. The van der Waals surface area contributed by atoms with E-state index in [1.807, 2.05) is 14.1 Å². The Hall–Kier alpha value is -1.17. The normalized spacial score (nSPS) is 16.3. The molecule has 0 spiro atoms. The first-order valence-corrected chi connectivity index (χ1v) is 7.55. The minimum Gasteiger partial charge on any atom is -0.382 e. The van der Waals surface area contributed by atoms with Gasteiger partial charge in [0.2, 0.25) is 0 Å². The number of halogens is 2. The average molecular weight is 330 g/mol. The Balaban J connectivity index is 2.07. The highest BCUT2D eigenvalue weighted by molar-refractivity contribution is 8.13. The molecule has 1 aromatic rings. The number of nitrogens with zero attached hydrogens (tertiary/aromatic N) is 2. The van der Waals surface area contributed by atoms with E-state index in [1.165, 1.54) is 11.8 Å². The molecule has 0 unspecified atom stereocenters. The van der Waals surface area contributed by atoms with E-state index >= 15 is 0 Å². The van der Waals surface area contributed by atoms with Gasteiger partial charge in [-0.1, -0.05) is 41.0 Å². The topological polar surface area (TPSA) is 44.7 Å². The number of aliphatic imine (C=N–C) groups is 1. The van der Waals surface area contributed by atoms with Crippen molar-refractivity contribution in [1.29, 1.82) is 0 Å². The van der Waals surface area contributed by atoms with Gasteiger partial charge >= 0.3 is 0 Å². The highest BCUT2D eigenvalue weighted by Crippen LogP contribution is 2.29. The zero-order valence-corrected chi connectivity index (χ0v) is 13.3. The van der Waals surface area contributed by atoms with E-state index in [2.05, 4.69) is 10.3 Å². The van der Waals surface area contributed by atoms with Crippen molar-refractivity contribution < 1.29 is 4.79 Å². The van der Waals surface area contributed by atoms with Gasteiger partial charge in [-0.2, -0.15) is 0 Å². The Morgan fingerprint density at radius 1 is 1.35 bits per heavy atom. The quantitative estimate of drug-likeness (QED) is 0.866. The van der Waals surface area contributed by atoms with Crippen LogP contribution in [0.2, 0.25) is 10.0 Å². The number of nitrogens with one attached hydrogen (secondary N) is 1. The largest absolute Gasteiger partial charge is 0.382 e. The standard InChI is InChI=1S/C13H13Cl2N3OS/c1-18(2)6-11-12(19)17-13(16-11)20-7-8-9(14)4-3-5-10(8)15/h3-6H,7H2,1-2H3,(H,16,17,19)/b11-6+. The lowest BCUT2D eigenvalue weighted by atomic mass is 10.2. The number of rotatable bonds is 3. The molecule has 2 rings (SSSR count). The molecule has 0 radical (unpaired) electrons.